The minimum absolute atomic E-state index is 0.0170. The van der Waals surface area contributed by atoms with Gasteiger partial charge in [-0.05, 0) is 32.4 Å². The second-order valence-electron chi connectivity index (χ2n) is 3.96. The van der Waals surface area contributed by atoms with Gasteiger partial charge in [0.1, 0.15) is 5.75 Å². The molecule has 4 nitrogen and oxygen atoms in total. The molecule has 0 fully saturated rings. The lowest BCUT2D eigenvalue weighted by molar-refractivity contribution is 0.564. The summed E-state index contributed by atoms with van der Waals surface area (Å²) in [6, 6.07) is 3.88. The first-order valence-corrected chi connectivity index (χ1v) is 8.00. The molecule has 3 N–H and O–H groups in total. The highest BCUT2D eigenvalue weighted by Crippen LogP contribution is 2.16. The fraction of sp³-hybridized carbons (Fsp3) is 0.500. The summed E-state index contributed by atoms with van der Waals surface area (Å²) in [6.07, 6.45) is 0.676. The van der Waals surface area contributed by atoms with E-state index in [0.29, 0.717) is 6.42 Å². The van der Waals surface area contributed by atoms with Gasteiger partial charge >= 0.3 is 0 Å². The number of nitrogens with one attached hydrogen (secondary N) is 1. The van der Waals surface area contributed by atoms with Crippen molar-refractivity contribution in [3.63, 3.8) is 0 Å². The molecule has 1 aromatic heterocycles. The third-order valence-electron chi connectivity index (χ3n) is 2.02. The van der Waals surface area contributed by atoms with Crippen molar-refractivity contribution in [1.82, 2.24) is 4.72 Å². The van der Waals surface area contributed by atoms with Crippen LogP contribution in [0.25, 0.3) is 0 Å². The van der Waals surface area contributed by atoms with Gasteiger partial charge in [0.15, 0.2) is 0 Å². The molecule has 1 rings (SSSR count). The summed E-state index contributed by atoms with van der Waals surface area (Å²) < 4.78 is 25.7. The van der Waals surface area contributed by atoms with E-state index < -0.39 is 10.0 Å². The third kappa shape index (κ3) is 5.58. The van der Waals surface area contributed by atoms with Gasteiger partial charge in [-0.3, -0.25) is 0 Å². The van der Waals surface area contributed by atoms with Crippen LogP contribution < -0.4 is 10.5 Å². The van der Waals surface area contributed by atoms with Crippen molar-refractivity contribution in [2.24, 2.45) is 5.73 Å². The molecular formula is C10H16N2O2S3. The second kappa shape index (κ2) is 5.90. The van der Waals surface area contributed by atoms with Crippen molar-refractivity contribution >= 4 is 38.6 Å². The van der Waals surface area contributed by atoms with Crippen LogP contribution in [0, 0.1) is 6.92 Å². The number of sulfonamides is 1. The van der Waals surface area contributed by atoms with Gasteiger partial charge in [-0.2, -0.15) is 0 Å². The SMILES string of the molecule is Cc1ccc(CC(C)NS(=O)(=O)CC(N)=S)s1. The maximum Gasteiger partial charge on any atom is 0.218 e. The summed E-state index contributed by atoms with van der Waals surface area (Å²) in [6.45, 7) is 3.85. The number of thiocarbonyl (C=S) groups is 1. The van der Waals surface area contributed by atoms with Gasteiger partial charge in [-0.15, -0.1) is 11.3 Å². The lowest BCUT2D eigenvalue weighted by Gasteiger charge is -2.12. The predicted octanol–water partition coefficient (Wildman–Crippen LogP) is 1.19. The largest absolute Gasteiger partial charge is 0.392 e. The van der Waals surface area contributed by atoms with E-state index in [4.69, 9.17) is 5.73 Å². The van der Waals surface area contributed by atoms with Crippen LogP contribution >= 0.6 is 23.6 Å². The Morgan fingerprint density at radius 2 is 2.24 bits per heavy atom. The maximum atomic E-state index is 11.6. The Balaban J connectivity index is 2.55. The molecule has 1 unspecified atom stereocenters. The standard InChI is InChI=1S/C10H16N2O2S3/c1-7(5-9-4-3-8(2)16-9)12-17(13,14)6-10(11)15/h3-4,7,12H,5-6H2,1-2H3,(H2,11,15). The van der Waals surface area contributed by atoms with E-state index >= 15 is 0 Å². The van der Waals surface area contributed by atoms with E-state index in [1.807, 2.05) is 26.0 Å². The van der Waals surface area contributed by atoms with Crippen LogP contribution in [0.2, 0.25) is 0 Å². The minimum atomic E-state index is -3.40. The maximum absolute atomic E-state index is 11.6. The van der Waals surface area contributed by atoms with Crippen molar-refractivity contribution in [1.29, 1.82) is 0 Å². The molecule has 0 spiro atoms. The highest BCUT2D eigenvalue weighted by atomic mass is 32.2. The average molecular weight is 292 g/mol. The van der Waals surface area contributed by atoms with Gasteiger partial charge in [0, 0.05) is 15.8 Å². The molecule has 7 heteroatoms. The highest BCUT2D eigenvalue weighted by molar-refractivity contribution is 7.92. The van der Waals surface area contributed by atoms with Crippen LogP contribution in [-0.2, 0) is 16.4 Å². The molecule has 1 aromatic rings. The number of aryl methyl sites for hydroxylation is 1. The molecule has 0 aromatic carbocycles. The van der Waals surface area contributed by atoms with E-state index in [9.17, 15) is 8.42 Å². The highest BCUT2D eigenvalue weighted by Gasteiger charge is 2.16. The fourth-order valence-corrected chi connectivity index (χ4v) is 4.11. The van der Waals surface area contributed by atoms with E-state index in [2.05, 4.69) is 16.9 Å². The normalized spacial score (nSPS) is 13.5. The minimum Gasteiger partial charge on any atom is -0.392 e. The molecule has 0 aliphatic heterocycles. The smallest absolute Gasteiger partial charge is 0.218 e. The summed E-state index contributed by atoms with van der Waals surface area (Å²) in [5, 5.41) is 0. The molecular weight excluding hydrogens is 276 g/mol. The van der Waals surface area contributed by atoms with E-state index in [1.54, 1.807) is 11.3 Å². The van der Waals surface area contributed by atoms with Gasteiger partial charge < -0.3 is 5.73 Å². The Bertz CT molecular complexity index is 493. The van der Waals surface area contributed by atoms with Crippen LogP contribution in [0.4, 0.5) is 0 Å². The second-order valence-corrected chi connectivity index (χ2v) is 7.61. The number of rotatable bonds is 6. The van der Waals surface area contributed by atoms with E-state index in [1.165, 1.54) is 4.88 Å². The zero-order valence-corrected chi connectivity index (χ0v) is 12.2. The quantitative estimate of drug-likeness (QED) is 0.773. The summed E-state index contributed by atoms with van der Waals surface area (Å²) >= 11 is 6.26. The van der Waals surface area contributed by atoms with Gasteiger partial charge in [0.05, 0.1) is 4.99 Å². The molecule has 0 saturated heterocycles. The van der Waals surface area contributed by atoms with Crippen molar-refractivity contribution in [2.75, 3.05) is 5.75 Å². The molecule has 0 radical (unpaired) electrons. The fourth-order valence-electron chi connectivity index (χ4n) is 1.47. The van der Waals surface area contributed by atoms with E-state index in [0.717, 1.165) is 4.88 Å². The first kappa shape index (κ1) is 14.6. The van der Waals surface area contributed by atoms with Crippen molar-refractivity contribution in [3.8, 4) is 0 Å². The number of thiophene rings is 1. The summed E-state index contributed by atoms with van der Waals surface area (Å²) in [7, 11) is -3.40. The van der Waals surface area contributed by atoms with Crippen LogP contribution in [-0.4, -0.2) is 25.2 Å². The molecule has 0 saturated carbocycles. The van der Waals surface area contributed by atoms with Crippen LogP contribution in [0.5, 0.6) is 0 Å². The molecule has 0 amide bonds. The lowest BCUT2D eigenvalue weighted by Crippen LogP contribution is -2.38. The molecule has 0 aliphatic rings. The van der Waals surface area contributed by atoms with Gasteiger partial charge in [-0.25, -0.2) is 13.1 Å². The van der Waals surface area contributed by atoms with Crippen molar-refractivity contribution < 1.29 is 8.42 Å². The number of nitrogens with two attached hydrogens (primary N) is 1. The van der Waals surface area contributed by atoms with Crippen molar-refractivity contribution in [3.05, 3.63) is 21.9 Å². The number of hydrogen-bond donors (Lipinski definition) is 2. The first-order chi connectivity index (χ1) is 7.78. The van der Waals surface area contributed by atoms with Gasteiger partial charge in [-0.1, -0.05) is 12.2 Å². The molecule has 1 heterocycles. The molecule has 0 aliphatic carbocycles. The molecule has 1 atom stereocenters. The molecule has 17 heavy (non-hydrogen) atoms. The zero-order valence-electron chi connectivity index (χ0n) is 9.76. The molecule has 96 valence electrons. The van der Waals surface area contributed by atoms with Crippen LogP contribution in [0.1, 0.15) is 16.7 Å². The first-order valence-electron chi connectivity index (χ1n) is 5.12. The predicted molar refractivity (Wildman–Crippen MR) is 75.9 cm³/mol. The topological polar surface area (TPSA) is 72.2 Å². The average Bonchev–Trinajstić information content (AvgIpc) is 2.46. The molecule has 0 bridgehead atoms. The number of hydrogen-bond acceptors (Lipinski definition) is 4. The summed E-state index contributed by atoms with van der Waals surface area (Å²) in [4.78, 5) is 2.36. The third-order valence-corrected chi connectivity index (χ3v) is 4.82. The van der Waals surface area contributed by atoms with Crippen LogP contribution in [0.3, 0.4) is 0 Å². The Labute approximate surface area is 111 Å². The zero-order chi connectivity index (χ0) is 13.1. The summed E-state index contributed by atoms with van der Waals surface area (Å²) in [5.41, 5.74) is 5.22. The van der Waals surface area contributed by atoms with Gasteiger partial charge in [0.2, 0.25) is 10.0 Å². The Morgan fingerprint density at radius 3 is 2.71 bits per heavy atom. The monoisotopic (exact) mass is 292 g/mol. The Kier molecular flexibility index (Phi) is 5.05. The van der Waals surface area contributed by atoms with Crippen LogP contribution in [0.15, 0.2) is 12.1 Å². The van der Waals surface area contributed by atoms with E-state index in [-0.39, 0.29) is 16.8 Å². The lowest BCUT2D eigenvalue weighted by atomic mass is 10.2. The van der Waals surface area contributed by atoms with Gasteiger partial charge in [0.25, 0.3) is 0 Å². The van der Waals surface area contributed by atoms with Crippen molar-refractivity contribution in [2.45, 2.75) is 26.3 Å². The Morgan fingerprint density at radius 1 is 1.59 bits per heavy atom. The summed E-state index contributed by atoms with van der Waals surface area (Å²) in [5.74, 6) is -0.295. The Hall–Kier alpha value is -0.500.